The van der Waals surface area contributed by atoms with Crippen LogP contribution < -0.4 is 5.32 Å². The van der Waals surface area contributed by atoms with E-state index in [1.165, 1.54) is 11.3 Å². The van der Waals surface area contributed by atoms with Gasteiger partial charge in [-0.05, 0) is 30.7 Å². The van der Waals surface area contributed by atoms with Gasteiger partial charge in [-0.1, -0.05) is 18.2 Å². The van der Waals surface area contributed by atoms with Gasteiger partial charge in [-0.15, -0.1) is 11.3 Å². The van der Waals surface area contributed by atoms with E-state index in [0.717, 1.165) is 22.0 Å². The first-order valence-electron chi connectivity index (χ1n) is 11.0. The molecule has 2 N–H and O–H groups in total. The van der Waals surface area contributed by atoms with Gasteiger partial charge >= 0.3 is 0 Å². The lowest BCUT2D eigenvalue weighted by atomic mass is 9.90. The van der Waals surface area contributed by atoms with Crippen molar-refractivity contribution in [3.8, 4) is 22.0 Å². The lowest BCUT2D eigenvalue weighted by Crippen LogP contribution is -2.36. The van der Waals surface area contributed by atoms with Gasteiger partial charge in [-0.25, -0.2) is 15.0 Å². The lowest BCUT2D eigenvalue weighted by molar-refractivity contribution is -0.143. The van der Waals surface area contributed by atoms with E-state index < -0.39 is 5.60 Å². The van der Waals surface area contributed by atoms with Crippen molar-refractivity contribution < 1.29 is 9.90 Å². The summed E-state index contributed by atoms with van der Waals surface area (Å²) in [6, 6.07) is 11.2. The second kappa shape index (κ2) is 8.62. The minimum absolute atomic E-state index is 0.0134. The molecule has 2 atom stereocenters. The number of likely N-dealkylation sites (N-methyl/N-ethyl adjacent to an activating group) is 1. The van der Waals surface area contributed by atoms with E-state index in [0.29, 0.717) is 30.2 Å². The lowest BCUT2D eigenvalue weighted by Gasteiger charge is -2.21. The predicted molar refractivity (Wildman–Crippen MR) is 130 cm³/mol. The number of aromatic nitrogens is 5. The molecule has 0 spiro atoms. The number of benzene rings is 1. The molecular weight excluding hydrogens is 450 g/mol. The standard InChI is InChI=1S/C24H25N7O2S/c1-15(20-8-11-26-31(20)3)27-23-25-10-7-18(29-23)21-28-19(14-34-21)16-5-4-6-17(13-16)24(33)9-12-30(2)22(24)32/h4-8,10-11,13-15,33H,9,12H2,1-3H3,(H,25,27,29)/t15-,24-/m1/s1. The third kappa shape index (κ3) is 3.95. The van der Waals surface area contributed by atoms with Gasteiger partial charge in [0.1, 0.15) is 10.7 Å². The molecule has 1 aliphatic rings. The number of amides is 1. The van der Waals surface area contributed by atoms with Crippen molar-refractivity contribution in [3.63, 3.8) is 0 Å². The maximum Gasteiger partial charge on any atom is 0.258 e. The Kier molecular flexibility index (Phi) is 5.62. The van der Waals surface area contributed by atoms with Crippen molar-refractivity contribution in [2.75, 3.05) is 18.9 Å². The smallest absolute Gasteiger partial charge is 0.258 e. The molecule has 1 saturated heterocycles. The fraction of sp³-hybridized carbons (Fsp3) is 0.292. The van der Waals surface area contributed by atoms with Crippen molar-refractivity contribution in [2.45, 2.75) is 25.0 Å². The molecule has 174 valence electrons. The molecular formula is C24H25N7O2S. The third-order valence-corrected chi connectivity index (χ3v) is 7.04. The van der Waals surface area contributed by atoms with Gasteiger partial charge in [0.15, 0.2) is 5.60 Å². The molecule has 9 nitrogen and oxygen atoms in total. The second-order valence-corrected chi connectivity index (χ2v) is 9.32. The van der Waals surface area contributed by atoms with Gasteiger partial charge in [0.2, 0.25) is 5.95 Å². The molecule has 0 unspecified atom stereocenters. The van der Waals surface area contributed by atoms with Crippen LogP contribution in [0.3, 0.4) is 0 Å². The maximum atomic E-state index is 12.5. The Morgan fingerprint density at radius 3 is 2.74 bits per heavy atom. The number of aryl methyl sites for hydroxylation is 1. The maximum absolute atomic E-state index is 12.5. The molecule has 1 aromatic carbocycles. The Morgan fingerprint density at radius 1 is 1.15 bits per heavy atom. The zero-order valence-electron chi connectivity index (χ0n) is 19.1. The Hall–Kier alpha value is -3.63. The number of carbonyl (C=O) groups excluding carboxylic acids is 1. The van der Waals surface area contributed by atoms with E-state index in [2.05, 4.69) is 20.4 Å². The number of anilines is 1. The van der Waals surface area contributed by atoms with E-state index in [1.54, 1.807) is 30.4 Å². The molecule has 1 amide bonds. The van der Waals surface area contributed by atoms with Crippen molar-refractivity contribution in [2.24, 2.45) is 7.05 Å². The van der Waals surface area contributed by atoms with Gasteiger partial charge in [0, 0.05) is 50.4 Å². The van der Waals surface area contributed by atoms with E-state index in [1.807, 2.05) is 54.4 Å². The van der Waals surface area contributed by atoms with E-state index in [-0.39, 0.29) is 11.9 Å². The normalized spacial score (nSPS) is 18.9. The fourth-order valence-electron chi connectivity index (χ4n) is 4.21. The largest absolute Gasteiger partial charge is 0.375 e. The average molecular weight is 476 g/mol. The van der Waals surface area contributed by atoms with Crippen LogP contribution in [0.2, 0.25) is 0 Å². The van der Waals surface area contributed by atoms with E-state index in [9.17, 15) is 9.90 Å². The number of carbonyl (C=O) groups is 1. The van der Waals surface area contributed by atoms with Gasteiger partial charge < -0.3 is 15.3 Å². The van der Waals surface area contributed by atoms with Gasteiger partial charge in [-0.2, -0.15) is 5.10 Å². The van der Waals surface area contributed by atoms with Gasteiger partial charge in [0.05, 0.1) is 17.4 Å². The fourth-order valence-corrected chi connectivity index (χ4v) is 5.00. The van der Waals surface area contributed by atoms with Crippen LogP contribution in [0.1, 0.15) is 30.6 Å². The zero-order valence-corrected chi connectivity index (χ0v) is 20.0. The average Bonchev–Trinajstić information content (AvgIpc) is 3.57. The molecule has 4 aromatic rings. The van der Waals surface area contributed by atoms with Crippen LogP contribution in [-0.2, 0) is 17.4 Å². The first-order valence-corrected chi connectivity index (χ1v) is 11.9. The van der Waals surface area contributed by atoms with Gasteiger partial charge in [0.25, 0.3) is 5.91 Å². The summed E-state index contributed by atoms with van der Waals surface area (Å²) in [5.74, 6) is 0.237. The number of likely N-dealkylation sites (tertiary alicyclic amines) is 1. The molecule has 1 aliphatic heterocycles. The molecule has 34 heavy (non-hydrogen) atoms. The minimum atomic E-state index is -1.48. The Labute approximate surface area is 201 Å². The van der Waals surface area contributed by atoms with Crippen LogP contribution in [0.25, 0.3) is 22.0 Å². The van der Waals surface area contributed by atoms with Crippen molar-refractivity contribution in [1.29, 1.82) is 0 Å². The minimum Gasteiger partial charge on any atom is -0.375 e. The Bertz CT molecular complexity index is 1350. The van der Waals surface area contributed by atoms with Crippen LogP contribution in [0.4, 0.5) is 5.95 Å². The summed E-state index contributed by atoms with van der Waals surface area (Å²) in [7, 11) is 3.61. The van der Waals surface area contributed by atoms with Crippen LogP contribution >= 0.6 is 11.3 Å². The Balaban J connectivity index is 1.38. The monoisotopic (exact) mass is 475 g/mol. The van der Waals surface area contributed by atoms with Crippen molar-refractivity contribution >= 4 is 23.2 Å². The number of aliphatic hydroxyl groups is 1. The van der Waals surface area contributed by atoms with Crippen LogP contribution in [-0.4, -0.2) is 54.2 Å². The predicted octanol–water partition coefficient (Wildman–Crippen LogP) is 3.22. The van der Waals surface area contributed by atoms with E-state index >= 15 is 0 Å². The molecule has 0 aliphatic carbocycles. The molecule has 3 aromatic heterocycles. The summed E-state index contributed by atoms with van der Waals surface area (Å²) in [6.07, 6.45) is 3.85. The first kappa shape index (κ1) is 22.2. The van der Waals surface area contributed by atoms with Crippen LogP contribution in [0.15, 0.2) is 54.2 Å². The number of hydrogen-bond acceptors (Lipinski definition) is 8. The number of rotatable bonds is 6. The van der Waals surface area contributed by atoms with E-state index in [4.69, 9.17) is 4.98 Å². The van der Waals surface area contributed by atoms with Gasteiger partial charge in [-0.3, -0.25) is 9.48 Å². The van der Waals surface area contributed by atoms with Crippen molar-refractivity contribution in [3.05, 3.63) is 65.4 Å². The molecule has 5 rings (SSSR count). The first-order chi connectivity index (χ1) is 16.3. The molecule has 0 bridgehead atoms. The topological polar surface area (TPSA) is 109 Å². The molecule has 10 heteroatoms. The van der Waals surface area contributed by atoms with Crippen LogP contribution in [0, 0.1) is 0 Å². The summed E-state index contributed by atoms with van der Waals surface area (Å²) in [5.41, 5.74) is 2.45. The highest BCUT2D eigenvalue weighted by atomic mass is 32.1. The van der Waals surface area contributed by atoms with Crippen LogP contribution in [0.5, 0.6) is 0 Å². The molecule has 0 saturated carbocycles. The molecule has 0 radical (unpaired) electrons. The number of nitrogens with zero attached hydrogens (tertiary/aromatic N) is 6. The van der Waals surface area contributed by atoms with Crippen molar-refractivity contribution in [1.82, 2.24) is 29.6 Å². The highest BCUT2D eigenvalue weighted by Gasteiger charge is 2.45. The Morgan fingerprint density at radius 2 is 2.00 bits per heavy atom. The summed E-state index contributed by atoms with van der Waals surface area (Å²) >= 11 is 1.48. The highest BCUT2D eigenvalue weighted by Crippen LogP contribution is 2.35. The molecule has 4 heterocycles. The summed E-state index contributed by atoms with van der Waals surface area (Å²) in [4.78, 5) is 27.8. The highest BCUT2D eigenvalue weighted by molar-refractivity contribution is 7.13. The number of thiazole rings is 1. The quantitative estimate of drug-likeness (QED) is 0.441. The molecule has 1 fully saturated rings. The summed E-state index contributed by atoms with van der Waals surface area (Å²) < 4.78 is 1.82. The number of hydrogen-bond donors (Lipinski definition) is 2. The third-order valence-electron chi connectivity index (χ3n) is 6.17. The zero-order chi connectivity index (χ0) is 23.9. The summed E-state index contributed by atoms with van der Waals surface area (Å²) in [5, 5.41) is 21.2. The SMILES string of the molecule is C[C@@H](Nc1nccc(-c2nc(-c3cccc([C@]4(O)CCN(C)C4=O)c3)cs2)n1)c1ccnn1C. The second-order valence-electron chi connectivity index (χ2n) is 8.47. The number of nitrogens with one attached hydrogen (secondary N) is 1. The summed E-state index contributed by atoms with van der Waals surface area (Å²) in [6.45, 7) is 2.56.